The normalized spacial score (nSPS) is 17.1. The van der Waals surface area contributed by atoms with E-state index < -0.39 is 18.0 Å². The fraction of sp³-hybridized carbons (Fsp3) is 0.357. The summed E-state index contributed by atoms with van der Waals surface area (Å²) < 4.78 is 5.49. The molecule has 2 rings (SSSR count). The van der Waals surface area contributed by atoms with Crippen LogP contribution in [0.3, 0.4) is 0 Å². The largest absolute Gasteiger partial charge is 0.491 e. The Bertz CT molecular complexity index is 565. The van der Waals surface area contributed by atoms with E-state index in [9.17, 15) is 9.59 Å². The van der Waals surface area contributed by atoms with Gasteiger partial charge in [0.2, 0.25) is 6.10 Å². The molecule has 112 valence electrons. The Labute approximate surface area is 121 Å². The number of hydrogen-bond donors (Lipinski definition) is 2. The highest BCUT2D eigenvalue weighted by Crippen LogP contribution is 2.18. The number of nitrogens with zero attached hydrogens (tertiary/aromatic N) is 1. The van der Waals surface area contributed by atoms with Gasteiger partial charge in [0.15, 0.2) is 5.71 Å². The molecule has 0 saturated heterocycles. The van der Waals surface area contributed by atoms with Crippen LogP contribution in [0.2, 0.25) is 0 Å². The zero-order valence-electron chi connectivity index (χ0n) is 11.7. The second kappa shape index (κ2) is 6.25. The molecule has 1 atom stereocenters. The van der Waals surface area contributed by atoms with Crippen molar-refractivity contribution in [2.24, 2.45) is 5.16 Å². The van der Waals surface area contributed by atoms with E-state index in [4.69, 9.17) is 14.7 Å². The highest BCUT2D eigenvalue weighted by molar-refractivity contribution is 6.36. The van der Waals surface area contributed by atoms with Gasteiger partial charge in [0.05, 0.1) is 6.10 Å². The van der Waals surface area contributed by atoms with E-state index in [1.807, 2.05) is 13.8 Å². The van der Waals surface area contributed by atoms with Gasteiger partial charge in [-0.15, -0.1) is 0 Å². The van der Waals surface area contributed by atoms with Crippen molar-refractivity contribution < 1.29 is 24.3 Å². The molecular weight excluding hydrogens is 276 g/mol. The van der Waals surface area contributed by atoms with Crippen LogP contribution >= 0.6 is 0 Å². The summed E-state index contributed by atoms with van der Waals surface area (Å²) in [6.07, 6.45) is -0.887. The maximum atomic E-state index is 11.9. The van der Waals surface area contributed by atoms with Crippen LogP contribution in [0.15, 0.2) is 29.4 Å². The summed E-state index contributed by atoms with van der Waals surface area (Å²) in [6.45, 7) is 3.85. The van der Waals surface area contributed by atoms with E-state index in [0.717, 1.165) is 0 Å². The maximum Gasteiger partial charge on any atom is 0.353 e. The highest BCUT2D eigenvalue weighted by Gasteiger charge is 2.31. The van der Waals surface area contributed by atoms with Gasteiger partial charge in [-0.1, -0.05) is 5.16 Å². The third kappa shape index (κ3) is 3.95. The Morgan fingerprint density at radius 3 is 2.57 bits per heavy atom. The van der Waals surface area contributed by atoms with Crippen LogP contribution in [-0.4, -0.2) is 34.9 Å². The Hall–Kier alpha value is -2.57. The molecule has 0 bridgehead atoms. The molecule has 0 fully saturated rings. The second-order valence-electron chi connectivity index (χ2n) is 4.82. The van der Waals surface area contributed by atoms with Crippen molar-refractivity contribution in [3.05, 3.63) is 24.3 Å². The molecule has 7 heteroatoms. The number of rotatable bonds is 5. The molecular formula is C14H16N2O5. The maximum absolute atomic E-state index is 11.9. The van der Waals surface area contributed by atoms with Crippen LogP contribution in [0, 0.1) is 0 Å². The van der Waals surface area contributed by atoms with E-state index in [1.54, 1.807) is 24.3 Å². The molecule has 1 heterocycles. The summed E-state index contributed by atoms with van der Waals surface area (Å²) in [5.41, 5.74) is 0.416. The zero-order valence-corrected chi connectivity index (χ0v) is 11.7. The molecule has 0 spiro atoms. The highest BCUT2D eigenvalue weighted by atomic mass is 16.6. The average Bonchev–Trinajstić information content (AvgIpc) is 2.90. The number of carbonyl (C=O) groups is 2. The van der Waals surface area contributed by atoms with Crippen molar-refractivity contribution in [2.75, 3.05) is 5.32 Å². The number of carbonyl (C=O) groups excluding carboxylic acids is 1. The Morgan fingerprint density at radius 2 is 2.05 bits per heavy atom. The van der Waals surface area contributed by atoms with Gasteiger partial charge >= 0.3 is 5.97 Å². The number of aliphatic carboxylic acids is 1. The smallest absolute Gasteiger partial charge is 0.353 e. The lowest BCUT2D eigenvalue weighted by Gasteiger charge is -2.12. The summed E-state index contributed by atoms with van der Waals surface area (Å²) >= 11 is 0. The minimum atomic E-state index is -1.18. The molecule has 1 unspecified atom stereocenters. The molecule has 1 aromatic rings. The lowest BCUT2D eigenvalue weighted by atomic mass is 10.1. The van der Waals surface area contributed by atoms with Crippen LogP contribution < -0.4 is 10.1 Å². The van der Waals surface area contributed by atoms with Gasteiger partial charge in [0.25, 0.3) is 5.91 Å². The fourth-order valence-electron chi connectivity index (χ4n) is 1.76. The molecule has 0 radical (unpaired) electrons. The number of amides is 1. The van der Waals surface area contributed by atoms with Gasteiger partial charge in [-0.05, 0) is 38.1 Å². The summed E-state index contributed by atoms with van der Waals surface area (Å²) in [5.74, 6) is -0.912. The summed E-state index contributed by atoms with van der Waals surface area (Å²) in [4.78, 5) is 27.4. The van der Waals surface area contributed by atoms with Gasteiger partial charge < -0.3 is 20.0 Å². The minimum absolute atomic E-state index is 0.0459. The molecule has 0 aromatic heterocycles. The summed E-state index contributed by atoms with van der Waals surface area (Å²) in [5, 5.41) is 14.7. The van der Waals surface area contributed by atoms with E-state index in [1.165, 1.54) is 0 Å². The first-order valence-corrected chi connectivity index (χ1v) is 6.49. The zero-order chi connectivity index (χ0) is 15.4. The van der Waals surface area contributed by atoms with E-state index in [2.05, 4.69) is 10.5 Å². The fourth-order valence-corrected chi connectivity index (χ4v) is 1.76. The Kier molecular flexibility index (Phi) is 4.42. The third-order valence-corrected chi connectivity index (χ3v) is 2.70. The number of nitrogens with one attached hydrogen (secondary N) is 1. The molecule has 1 aromatic carbocycles. The lowest BCUT2D eigenvalue weighted by Crippen LogP contribution is -2.28. The first-order chi connectivity index (χ1) is 9.95. The number of carboxylic acids is 1. The summed E-state index contributed by atoms with van der Waals surface area (Å²) in [7, 11) is 0. The monoisotopic (exact) mass is 292 g/mol. The molecule has 7 nitrogen and oxygen atoms in total. The molecule has 1 aliphatic heterocycles. The van der Waals surface area contributed by atoms with Crippen molar-refractivity contribution in [3.8, 4) is 5.75 Å². The standard InChI is InChI=1S/C14H16N2O5/c1-8(2)20-10-5-3-9(4-6-10)15-13(17)12-7-11(14(18)19)16-21-12/h3-6,8,12H,7H2,1-2H3,(H,15,17)(H,18,19). The molecule has 1 aliphatic rings. The van der Waals surface area contributed by atoms with Crippen molar-refractivity contribution >= 4 is 23.3 Å². The molecule has 2 N–H and O–H groups in total. The first kappa shape index (κ1) is 14.8. The van der Waals surface area contributed by atoms with Crippen LogP contribution in [-0.2, 0) is 14.4 Å². The first-order valence-electron chi connectivity index (χ1n) is 6.49. The summed E-state index contributed by atoms with van der Waals surface area (Å²) in [6, 6.07) is 6.88. The second-order valence-corrected chi connectivity index (χ2v) is 4.82. The number of hydrogen-bond acceptors (Lipinski definition) is 5. The number of carboxylic acid groups (broad SMARTS) is 1. The predicted octanol–water partition coefficient (Wildman–Crippen LogP) is 1.64. The van der Waals surface area contributed by atoms with E-state index in [-0.39, 0.29) is 18.2 Å². The van der Waals surface area contributed by atoms with Gasteiger partial charge in [0.1, 0.15) is 5.75 Å². The Balaban J connectivity index is 1.90. The van der Waals surface area contributed by atoms with E-state index in [0.29, 0.717) is 11.4 Å². The number of benzene rings is 1. The molecule has 1 amide bonds. The third-order valence-electron chi connectivity index (χ3n) is 2.70. The topological polar surface area (TPSA) is 97.2 Å². The number of oxime groups is 1. The van der Waals surface area contributed by atoms with Crippen molar-refractivity contribution in [2.45, 2.75) is 32.5 Å². The molecule has 21 heavy (non-hydrogen) atoms. The average molecular weight is 292 g/mol. The van der Waals surface area contributed by atoms with Gasteiger partial charge in [-0.2, -0.15) is 0 Å². The van der Waals surface area contributed by atoms with Crippen LogP contribution in [0.1, 0.15) is 20.3 Å². The number of ether oxygens (including phenoxy) is 1. The molecule has 0 aliphatic carbocycles. The quantitative estimate of drug-likeness (QED) is 0.859. The minimum Gasteiger partial charge on any atom is -0.491 e. The van der Waals surface area contributed by atoms with Crippen molar-refractivity contribution in [1.82, 2.24) is 0 Å². The van der Waals surface area contributed by atoms with Crippen molar-refractivity contribution in [3.63, 3.8) is 0 Å². The van der Waals surface area contributed by atoms with Crippen LogP contribution in [0.25, 0.3) is 0 Å². The predicted molar refractivity (Wildman–Crippen MR) is 75.4 cm³/mol. The Morgan fingerprint density at radius 1 is 1.38 bits per heavy atom. The van der Waals surface area contributed by atoms with Crippen LogP contribution in [0.5, 0.6) is 5.75 Å². The van der Waals surface area contributed by atoms with Crippen LogP contribution in [0.4, 0.5) is 5.69 Å². The van der Waals surface area contributed by atoms with Gasteiger partial charge in [0, 0.05) is 12.1 Å². The van der Waals surface area contributed by atoms with E-state index >= 15 is 0 Å². The van der Waals surface area contributed by atoms with Crippen molar-refractivity contribution in [1.29, 1.82) is 0 Å². The SMILES string of the molecule is CC(C)Oc1ccc(NC(=O)C2CC(C(=O)O)=NO2)cc1. The van der Waals surface area contributed by atoms with Gasteiger partial charge in [-0.3, -0.25) is 4.79 Å². The molecule has 0 saturated carbocycles. The number of anilines is 1. The van der Waals surface area contributed by atoms with Gasteiger partial charge in [-0.25, -0.2) is 4.79 Å². The lowest BCUT2D eigenvalue weighted by molar-refractivity contribution is -0.129.